The lowest BCUT2D eigenvalue weighted by atomic mass is 10.0. The molecule has 2 nitrogen and oxygen atoms in total. The lowest BCUT2D eigenvalue weighted by Gasteiger charge is -2.06. The maximum atomic E-state index is 12.0. The Morgan fingerprint density at radius 2 is 1.53 bits per heavy atom. The number of Topliss-reactive ketones (excluding diaryl/α,β-unsaturated/α-hetero) is 2. The van der Waals surface area contributed by atoms with Gasteiger partial charge in [0.15, 0.2) is 5.78 Å². The summed E-state index contributed by atoms with van der Waals surface area (Å²) < 4.78 is 35.9. The molecule has 0 amide bonds. The summed E-state index contributed by atoms with van der Waals surface area (Å²) in [5.41, 5.74) is 1.68. The molecule has 1 aromatic rings. The molecule has 0 heterocycles. The molecule has 0 radical (unpaired) electrons. The second kappa shape index (κ2) is 4.69. The van der Waals surface area contributed by atoms with Gasteiger partial charge in [-0.1, -0.05) is 17.2 Å². The van der Waals surface area contributed by atoms with E-state index >= 15 is 0 Å². The molecule has 92 valence electrons. The third-order valence-corrected chi connectivity index (χ3v) is 2.18. The molecule has 0 aliphatic carbocycles. The van der Waals surface area contributed by atoms with E-state index in [1.807, 2.05) is 0 Å². The average molecular weight is 244 g/mol. The van der Waals surface area contributed by atoms with Gasteiger partial charge in [0.05, 0.1) is 6.42 Å². The monoisotopic (exact) mass is 244 g/mol. The van der Waals surface area contributed by atoms with E-state index in [2.05, 4.69) is 0 Å². The minimum absolute atomic E-state index is 0.139. The largest absolute Gasteiger partial charge is 0.450 e. The molecule has 0 fully saturated rings. The van der Waals surface area contributed by atoms with Crippen LogP contribution in [0.2, 0.25) is 0 Å². The first kappa shape index (κ1) is 13.4. The number of aryl methyl sites for hydroxylation is 2. The van der Waals surface area contributed by atoms with Crippen molar-refractivity contribution in [3.63, 3.8) is 0 Å². The molecule has 0 spiro atoms. The molecule has 0 bridgehead atoms. The SMILES string of the molecule is Cc1cc(C)cc(C(=O)CC(=O)C(F)(F)F)c1. The Labute approximate surface area is 96.4 Å². The second-order valence-electron chi connectivity index (χ2n) is 3.90. The van der Waals surface area contributed by atoms with Crippen LogP contribution in [0.25, 0.3) is 0 Å². The van der Waals surface area contributed by atoms with Gasteiger partial charge in [0.1, 0.15) is 0 Å². The van der Waals surface area contributed by atoms with Crippen LogP contribution >= 0.6 is 0 Å². The van der Waals surface area contributed by atoms with Crippen LogP contribution < -0.4 is 0 Å². The molecular weight excluding hydrogens is 233 g/mol. The fourth-order valence-electron chi connectivity index (χ4n) is 1.48. The van der Waals surface area contributed by atoms with E-state index in [9.17, 15) is 22.8 Å². The Balaban J connectivity index is 2.87. The van der Waals surface area contributed by atoms with E-state index in [1.165, 1.54) is 12.1 Å². The number of rotatable bonds is 3. The van der Waals surface area contributed by atoms with Crippen molar-refractivity contribution in [1.29, 1.82) is 0 Å². The van der Waals surface area contributed by atoms with Crippen LogP contribution in [0, 0.1) is 13.8 Å². The predicted octanol–water partition coefficient (Wildman–Crippen LogP) is 3.01. The molecular formula is C12H11F3O2. The molecule has 0 aliphatic rings. The van der Waals surface area contributed by atoms with Gasteiger partial charge >= 0.3 is 6.18 Å². The lowest BCUT2D eigenvalue weighted by Crippen LogP contribution is -2.25. The van der Waals surface area contributed by atoms with Gasteiger partial charge in [-0.25, -0.2) is 0 Å². The van der Waals surface area contributed by atoms with E-state index in [0.29, 0.717) is 0 Å². The number of hydrogen-bond donors (Lipinski definition) is 0. The standard InChI is InChI=1S/C12H11F3O2/c1-7-3-8(2)5-9(4-7)10(16)6-11(17)12(13,14)15/h3-5H,6H2,1-2H3. The first-order valence-corrected chi connectivity index (χ1v) is 4.91. The van der Waals surface area contributed by atoms with Crippen molar-refractivity contribution < 1.29 is 22.8 Å². The summed E-state index contributed by atoms with van der Waals surface area (Å²) in [6, 6.07) is 4.74. The molecule has 0 aliphatic heterocycles. The average Bonchev–Trinajstić information content (AvgIpc) is 2.14. The van der Waals surface area contributed by atoms with Gasteiger partial charge in [-0.2, -0.15) is 13.2 Å². The summed E-state index contributed by atoms with van der Waals surface area (Å²) in [4.78, 5) is 22.2. The third-order valence-electron chi connectivity index (χ3n) is 2.18. The minimum Gasteiger partial charge on any atom is -0.294 e. The van der Waals surface area contributed by atoms with Crippen LogP contribution in [0.3, 0.4) is 0 Å². The van der Waals surface area contributed by atoms with Gasteiger partial charge < -0.3 is 0 Å². The third kappa shape index (κ3) is 3.69. The summed E-state index contributed by atoms with van der Waals surface area (Å²) in [6.45, 7) is 3.46. The quantitative estimate of drug-likeness (QED) is 0.605. The number of benzene rings is 1. The van der Waals surface area contributed by atoms with Gasteiger partial charge in [0, 0.05) is 5.56 Å². The van der Waals surface area contributed by atoms with Crippen molar-refractivity contribution in [2.45, 2.75) is 26.4 Å². The van der Waals surface area contributed by atoms with Gasteiger partial charge in [-0.05, 0) is 26.0 Å². The summed E-state index contributed by atoms with van der Waals surface area (Å²) in [5.74, 6) is -2.82. The van der Waals surface area contributed by atoms with Gasteiger partial charge in [-0.15, -0.1) is 0 Å². The van der Waals surface area contributed by atoms with Crippen LogP contribution in [-0.4, -0.2) is 17.7 Å². The molecule has 0 N–H and O–H groups in total. The highest BCUT2D eigenvalue weighted by Crippen LogP contribution is 2.20. The first-order chi connectivity index (χ1) is 7.70. The van der Waals surface area contributed by atoms with E-state index < -0.39 is 24.2 Å². The van der Waals surface area contributed by atoms with Crippen molar-refractivity contribution in [3.8, 4) is 0 Å². The second-order valence-corrected chi connectivity index (χ2v) is 3.90. The number of carbonyl (C=O) groups excluding carboxylic acids is 2. The predicted molar refractivity (Wildman–Crippen MR) is 55.9 cm³/mol. The molecule has 5 heteroatoms. The van der Waals surface area contributed by atoms with E-state index in [4.69, 9.17) is 0 Å². The number of ketones is 2. The Morgan fingerprint density at radius 1 is 1.06 bits per heavy atom. The Hall–Kier alpha value is -1.65. The highest BCUT2D eigenvalue weighted by atomic mass is 19.4. The zero-order chi connectivity index (χ0) is 13.2. The molecule has 17 heavy (non-hydrogen) atoms. The number of halogens is 3. The molecule has 1 rings (SSSR count). The number of hydrogen-bond acceptors (Lipinski definition) is 2. The molecule has 0 unspecified atom stereocenters. The zero-order valence-electron chi connectivity index (χ0n) is 9.39. The van der Waals surface area contributed by atoms with Crippen molar-refractivity contribution in [2.75, 3.05) is 0 Å². The Bertz CT molecular complexity index is 441. The molecule has 0 saturated heterocycles. The Kier molecular flexibility index (Phi) is 3.70. The highest BCUT2D eigenvalue weighted by molar-refractivity contribution is 6.09. The molecule has 0 atom stereocenters. The molecule has 1 aromatic carbocycles. The van der Waals surface area contributed by atoms with Crippen LogP contribution in [0.4, 0.5) is 13.2 Å². The number of carbonyl (C=O) groups is 2. The van der Waals surface area contributed by atoms with Crippen molar-refractivity contribution >= 4 is 11.6 Å². The Morgan fingerprint density at radius 3 is 1.94 bits per heavy atom. The van der Waals surface area contributed by atoms with Crippen LogP contribution in [0.1, 0.15) is 27.9 Å². The maximum absolute atomic E-state index is 12.0. The van der Waals surface area contributed by atoms with Gasteiger partial charge in [0.2, 0.25) is 5.78 Å². The van der Waals surface area contributed by atoms with E-state index in [1.54, 1.807) is 19.9 Å². The van der Waals surface area contributed by atoms with Gasteiger partial charge in [-0.3, -0.25) is 9.59 Å². The fourth-order valence-corrected chi connectivity index (χ4v) is 1.48. The van der Waals surface area contributed by atoms with Crippen molar-refractivity contribution in [2.24, 2.45) is 0 Å². The van der Waals surface area contributed by atoms with E-state index in [0.717, 1.165) is 11.1 Å². The molecule has 0 aromatic heterocycles. The maximum Gasteiger partial charge on any atom is 0.450 e. The van der Waals surface area contributed by atoms with Crippen LogP contribution in [-0.2, 0) is 4.79 Å². The van der Waals surface area contributed by atoms with Crippen molar-refractivity contribution in [1.82, 2.24) is 0 Å². The topological polar surface area (TPSA) is 34.1 Å². The summed E-state index contributed by atoms with van der Waals surface area (Å²) in [6.07, 6.45) is -6.08. The number of alkyl halides is 3. The van der Waals surface area contributed by atoms with Crippen molar-refractivity contribution in [3.05, 3.63) is 34.9 Å². The normalized spacial score (nSPS) is 11.4. The smallest absolute Gasteiger partial charge is 0.294 e. The summed E-state index contributed by atoms with van der Waals surface area (Å²) in [5, 5.41) is 0. The van der Waals surface area contributed by atoms with Crippen LogP contribution in [0.5, 0.6) is 0 Å². The van der Waals surface area contributed by atoms with Crippen LogP contribution in [0.15, 0.2) is 18.2 Å². The highest BCUT2D eigenvalue weighted by Gasteiger charge is 2.39. The summed E-state index contributed by atoms with van der Waals surface area (Å²) >= 11 is 0. The lowest BCUT2D eigenvalue weighted by molar-refractivity contribution is -0.170. The van der Waals surface area contributed by atoms with Gasteiger partial charge in [0.25, 0.3) is 0 Å². The zero-order valence-corrected chi connectivity index (χ0v) is 9.39. The minimum atomic E-state index is -4.95. The van der Waals surface area contributed by atoms with E-state index in [-0.39, 0.29) is 5.56 Å². The fraction of sp³-hybridized carbons (Fsp3) is 0.333. The summed E-state index contributed by atoms with van der Waals surface area (Å²) in [7, 11) is 0. The first-order valence-electron chi connectivity index (χ1n) is 4.91. The molecule has 0 saturated carbocycles.